The maximum atomic E-state index is 11.5. The molecule has 5 nitrogen and oxygen atoms in total. The zero-order chi connectivity index (χ0) is 13.9. The predicted molar refractivity (Wildman–Crippen MR) is 71.6 cm³/mol. The number of carboxylic acids is 1. The Morgan fingerprint density at radius 2 is 1.75 bits per heavy atom. The van der Waals surface area contributed by atoms with Crippen LogP contribution in [0.3, 0.4) is 0 Å². The Hall–Kier alpha value is -1.65. The molecule has 5 rings (SSSR count). The van der Waals surface area contributed by atoms with Gasteiger partial charge in [0.25, 0.3) is 5.56 Å². The monoisotopic (exact) mass is 274 g/mol. The molecule has 0 aromatic carbocycles. The van der Waals surface area contributed by atoms with Gasteiger partial charge in [-0.05, 0) is 61.8 Å². The fourth-order valence-corrected chi connectivity index (χ4v) is 5.16. The molecule has 1 aromatic rings. The van der Waals surface area contributed by atoms with Gasteiger partial charge in [-0.15, -0.1) is 0 Å². The number of rotatable bonds is 2. The summed E-state index contributed by atoms with van der Waals surface area (Å²) in [6.07, 6.45) is 6.39. The van der Waals surface area contributed by atoms with Crippen molar-refractivity contribution in [3.05, 3.63) is 27.7 Å². The van der Waals surface area contributed by atoms with E-state index < -0.39 is 11.5 Å². The van der Waals surface area contributed by atoms with Gasteiger partial charge in [-0.3, -0.25) is 4.79 Å². The zero-order valence-electron chi connectivity index (χ0n) is 11.2. The molecule has 4 aliphatic rings. The van der Waals surface area contributed by atoms with Crippen LogP contribution in [0, 0.1) is 23.7 Å². The molecule has 0 aliphatic heterocycles. The summed E-state index contributed by atoms with van der Waals surface area (Å²) in [6, 6.07) is 1.51. The Morgan fingerprint density at radius 1 is 1.15 bits per heavy atom. The van der Waals surface area contributed by atoms with Crippen molar-refractivity contribution in [2.45, 2.75) is 38.0 Å². The van der Waals surface area contributed by atoms with E-state index in [9.17, 15) is 9.59 Å². The fourth-order valence-electron chi connectivity index (χ4n) is 5.16. The van der Waals surface area contributed by atoms with Gasteiger partial charge in [0.1, 0.15) is 5.56 Å². The van der Waals surface area contributed by atoms with Crippen LogP contribution >= 0.6 is 0 Å². The van der Waals surface area contributed by atoms with Gasteiger partial charge in [-0.1, -0.05) is 0 Å². The molecule has 0 amide bonds. The van der Waals surface area contributed by atoms with E-state index in [1.807, 2.05) is 0 Å². The van der Waals surface area contributed by atoms with Crippen molar-refractivity contribution >= 4 is 5.97 Å². The number of H-pyrrole nitrogens is 1. The summed E-state index contributed by atoms with van der Waals surface area (Å²) >= 11 is 0. The van der Waals surface area contributed by atoms with Gasteiger partial charge in [0.05, 0.1) is 5.69 Å². The first kappa shape index (κ1) is 12.1. The molecular formula is C15H18N2O3. The van der Waals surface area contributed by atoms with Gasteiger partial charge < -0.3 is 5.11 Å². The summed E-state index contributed by atoms with van der Waals surface area (Å²) in [5.41, 5.74) is 0.00433. The van der Waals surface area contributed by atoms with Crippen molar-refractivity contribution in [3.63, 3.8) is 0 Å². The predicted octanol–water partition coefficient (Wildman–Crippen LogP) is 2.01. The summed E-state index contributed by atoms with van der Waals surface area (Å²) in [5.74, 6) is 2.18. The molecule has 106 valence electrons. The number of hydrogen-bond acceptors (Lipinski definition) is 3. The largest absolute Gasteiger partial charge is 0.477 e. The Bertz CT molecular complexity index is 594. The lowest BCUT2D eigenvalue weighted by molar-refractivity contribution is -0.00451. The number of carbonyl (C=O) groups is 1. The highest BCUT2D eigenvalue weighted by Gasteiger charge is 2.49. The van der Waals surface area contributed by atoms with Crippen molar-refractivity contribution in [2.24, 2.45) is 23.7 Å². The number of aromatic amines is 1. The van der Waals surface area contributed by atoms with Crippen LogP contribution in [0.15, 0.2) is 10.9 Å². The second kappa shape index (κ2) is 4.17. The smallest absolute Gasteiger partial charge is 0.341 e. The maximum absolute atomic E-state index is 11.5. The van der Waals surface area contributed by atoms with Crippen LogP contribution in [0.2, 0.25) is 0 Å². The third-order valence-electron chi connectivity index (χ3n) is 5.62. The summed E-state index contributed by atoms with van der Waals surface area (Å²) in [7, 11) is 0. The topological polar surface area (TPSA) is 83.0 Å². The Balaban J connectivity index is 1.73. The zero-order valence-corrected chi connectivity index (χ0v) is 11.2. The van der Waals surface area contributed by atoms with Crippen molar-refractivity contribution in [1.29, 1.82) is 0 Å². The minimum Gasteiger partial charge on any atom is -0.477 e. The molecule has 20 heavy (non-hydrogen) atoms. The molecule has 5 heteroatoms. The highest BCUT2D eigenvalue weighted by molar-refractivity contribution is 5.87. The summed E-state index contributed by atoms with van der Waals surface area (Å²) in [5, 5.41) is 15.6. The Labute approximate surface area is 116 Å². The molecule has 1 heterocycles. The van der Waals surface area contributed by atoms with Crippen LogP contribution in [0.4, 0.5) is 0 Å². The summed E-state index contributed by atoms with van der Waals surface area (Å²) in [4.78, 5) is 22.6. The molecule has 2 N–H and O–H groups in total. The van der Waals surface area contributed by atoms with E-state index in [2.05, 4.69) is 10.2 Å². The maximum Gasteiger partial charge on any atom is 0.341 e. The van der Waals surface area contributed by atoms with Crippen LogP contribution in [0.25, 0.3) is 0 Å². The van der Waals surface area contributed by atoms with Crippen molar-refractivity contribution in [2.75, 3.05) is 0 Å². The second-order valence-electron chi connectivity index (χ2n) is 6.80. The summed E-state index contributed by atoms with van der Waals surface area (Å²) < 4.78 is 0. The minimum absolute atomic E-state index is 0.177. The van der Waals surface area contributed by atoms with E-state index in [1.54, 1.807) is 0 Å². The quantitative estimate of drug-likeness (QED) is 0.864. The van der Waals surface area contributed by atoms with Gasteiger partial charge in [-0.2, -0.15) is 5.10 Å². The standard InChI is InChI=1S/C15H18N2O3/c18-14-11(15(19)20)6-12(16-17-14)13-9-2-7-1-8(4-9)5-10(13)3-7/h6-10,13H,1-5H2,(H,17,18)(H,19,20). The normalized spacial score (nSPS) is 38.1. The third kappa shape index (κ3) is 1.72. The Morgan fingerprint density at radius 3 is 2.30 bits per heavy atom. The molecule has 4 aliphatic carbocycles. The van der Waals surface area contributed by atoms with Gasteiger partial charge >= 0.3 is 5.97 Å². The molecule has 0 saturated heterocycles. The average molecular weight is 274 g/mol. The molecule has 4 fully saturated rings. The van der Waals surface area contributed by atoms with Gasteiger partial charge in [0.2, 0.25) is 0 Å². The highest BCUT2D eigenvalue weighted by Crippen LogP contribution is 2.59. The lowest BCUT2D eigenvalue weighted by atomic mass is 9.51. The molecule has 4 saturated carbocycles. The first-order valence-electron chi connectivity index (χ1n) is 7.44. The van der Waals surface area contributed by atoms with E-state index in [0.717, 1.165) is 17.5 Å². The first-order chi connectivity index (χ1) is 9.61. The van der Waals surface area contributed by atoms with E-state index >= 15 is 0 Å². The molecule has 0 atom stereocenters. The van der Waals surface area contributed by atoms with E-state index in [0.29, 0.717) is 17.8 Å². The van der Waals surface area contributed by atoms with Crippen LogP contribution in [0.5, 0.6) is 0 Å². The van der Waals surface area contributed by atoms with Crippen LogP contribution in [-0.4, -0.2) is 21.3 Å². The molecule has 1 aromatic heterocycles. The average Bonchev–Trinajstić information content (AvgIpc) is 2.38. The lowest BCUT2D eigenvalue weighted by Gasteiger charge is -2.54. The fraction of sp³-hybridized carbons (Fsp3) is 0.667. The highest BCUT2D eigenvalue weighted by atomic mass is 16.4. The van der Waals surface area contributed by atoms with E-state index in [1.165, 1.54) is 38.2 Å². The molecule has 4 bridgehead atoms. The van der Waals surface area contributed by atoms with Crippen LogP contribution in [-0.2, 0) is 0 Å². The van der Waals surface area contributed by atoms with Gasteiger partial charge in [0, 0.05) is 5.92 Å². The van der Waals surface area contributed by atoms with E-state index in [4.69, 9.17) is 5.11 Å². The third-order valence-corrected chi connectivity index (χ3v) is 5.62. The number of hydrogen-bond donors (Lipinski definition) is 2. The number of aromatic carboxylic acids is 1. The summed E-state index contributed by atoms with van der Waals surface area (Å²) in [6.45, 7) is 0. The van der Waals surface area contributed by atoms with Gasteiger partial charge in [-0.25, -0.2) is 9.89 Å². The second-order valence-corrected chi connectivity index (χ2v) is 6.80. The number of nitrogens with one attached hydrogen (secondary N) is 1. The molecule has 0 radical (unpaired) electrons. The van der Waals surface area contributed by atoms with Crippen molar-refractivity contribution in [1.82, 2.24) is 10.2 Å². The molecule has 0 spiro atoms. The number of carboxylic acid groups (broad SMARTS) is 1. The number of nitrogens with zero attached hydrogens (tertiary/aromatic N) is 1. The molecular weight excluding hydrogens is 256 g/mol. The van der Waals surface area contributed by atoms with Crippen LogP contribution in [0.1, 0.15) is 54.1 Å². The van der Waals surface area contributed by atoms with Crippen molar-refractivity contribution < 1.29 is 9.90 Å². The van der Waals surface area contributed by atoms with Crippen LogP contribution < -0.4 is 5.56 Å². The van der Waals surface area contributed by atoms with Crippen molar-refractivity contribution in [3.8, 4) is 0 Å². The van der Waals surface area contributed by atoms with E-state index in [-0.39, 0.29) is 5.56 Å². The molecule has 0 unspecified atom stereocenters. The SMILES string of the molecule is O=C(O)c1cc(C2C3CC4CC(C3)CC2C4)n[nH]c1=O. The Kier molecular flexibility index (Phi) is 2.53. The first-order valence-corrected chi connectivity index (χ1v) is 7.44. The van der Waals surface area contributed by atoms with Gasteiger partial charge in [0.15, 0.2) is 0 Å². The lowest BCUT2D eigenvalue weighted by Crippen LogP contribution is -2.44. The number of aromatic nitrogens is 2. The minimum atomic E-state index is -1.17.